The lowest BCUT2D eigenvalue weighted by Crippen LogP contribution is -2.13. The molecule has 0 aliphatic heterocycles. The van der Waals surface area contributed by atoms with Crippen LogP contribution in [0.4, 0.5) is 0 Å². The Kier molecular flexibility index (Phi) is 2.53. The number of nitrogens with zero attached hydrogens (tertiary/aromatic N) is 2. The van der Waals surface area contributed by atoms with E-state index in [0.717, 1.165) is 19.0 Å². The third kappa shape index (κ3) is 2.29. The van der Waals surface area contributed by atoms with Crippen LogP contribution >= 0.6 is 0 Å². The van der Waals surface area contributed by atoms with Crippen LogP contribution in [-0.4, -0.2) is 19.5 Å². The van der Waals surface area contributed by atoms with Crippen molar-refractivity contribution in [1.82, 2.24) is 4.98 Å². The number of hydrogen-bond acceptors (Lipinski definition) is 5. The Morgan fingerprint density at radius 3 is 2.75 bits per heavy atom. The number of ether oxygens (including phenoxy) is 1. The third-order valence-corrected chi connectivity index (χ3v) is 2.96. The van der Waals surface area contributed by atoms with Crippen LogP contribution in [0, 0.1) is 11.3 Å². The molecule has 0 radical (unpaired) electrons. The zero-order valence-corrected chi connectivity index (χ0v) is 9.07. The highest BCUT2D eigenvalue weighted by molar-refractivity contribution is 7.89. The molecule has 1 saturated carbocycles. The standard InChI is InChI=1S/C9H9N3O3S/c10-4-8-9(15-6-1-2-6)3-7(5-12-8)16(11,13)14/h3,5-6H,1-2H2,(H2,11,13,14). The average molecular weight is 239 g/mol. The average Bonchev–Trinajstić information content (AvgIpc) is 3.00. The molecule has 2 N–H and O–H groups in total. The topological polar surface area (TPSA) is 106 Å². The first-order valence-corrected chi connectivity index (χ1v) is 6.15. The Bertz CT molecular complexity index is 558. The molecule has 1 fully saturated rings. The van der Waals surface area contributed by atoms with Crippen molar-refractivity contribution >= 4 is 10.0 Å². The number of nitrogens with two attached hydrogens (primary N) is 1. The second-order valence-electron chi connectivity index (χ2n) is 3.49. The molecule has 1 aliphatic rings. The predicted octanol–water partition coefficient (Wildman–Crippen LogP) is 0.142. The minimum Gasteiger partial charge on any atom is -0.487 e. The van der Waals surface area contributed by atoms with Crippen LogP contribution in [0.15, 0.2) is 17.2 Å². The van der Waals surface area contributed by atoms with Gasteiger partial charge in [-0.25, -0.2) is 18.5 Å². The highest BCUT2D eigenvalue weighted by atomic mass is 32.2. The molecule has 0 amide bonds. The lowest BCUT2D eigenvalue weighted by Gasteiger charge is -2.06. The number of primary sulfonamides is 1. The third-order valence-electron chi connectivity index (χ3n) is 2.08. The summed E-state index contributed by atoms with van der Waals surface area (Å²) in [5.74, 6) is 0.177. The van der Waals surface area contributed by atoms with Crippen LogP contribution < -0.4 is 9.88 Å². The van der Waals surface area contributed by atoms with Crippen molar-refractivity contribution in [1.29, 1.82) is 5.26 Å². The smallest absolute Gasteiger partial charge is 0.239 e. The van der Waals surface area contributed by atoms with Gasteiger partial charge in [-0.1, -0.05) is 0 Å². The Balaban J connectivity index is 2.42. The SMILES string of the molecule is N#Cc1ncc(S(N)(=O)=O)cc1OC1CC1. The normalized spacial score (nSPS) is 15.5. The van der Waals surface area contributed by atoms with Crippen molar-refractivity contribution in [2.75, 3.05) is 0 Å². The number of rotatable bonds is 3. The molecule has 0 unspecified atom stereocenters. The van der Waals surface area contributed by atoms with Gasteiger partial charge in [-0.05, 0) is 12.8 Å². The van der Waals surface area contributed by atoms with Crippen molar-refractivity contribution in [2.24, 2.45) is 5.14 Å². The first-order chi connectivity index (χ1) is 7.50. The molecule has 0 saturated heterocycles. The van der Waals surface area contributed by atoms with E-state index in [1.165, 1.54) is 6.07 Å². The van der Waals surface area contributed by atoms with E-state index >= 15 is 0 Å². The highest BCUT2D eigenvalue weighted by Crippen LogP contribution is 2.29. The Hall–Kier alpha value is -1.65. The number of sulfonamides is 1. The van der Waals surface area contributed by atoms with Gasteiger partial charge < -0.3 is 4.74 Å². The van der Waals surface area contributed by atoms with Gasteiger partial charge in [0.15, 0.2) is 11.4 Å². The fraction of sp³-hybridized carbons (Fsp3) is 0.333. The van der Waals surface area contributed by atoms with Gasteiger partial charge >= 0.3 is 0 Å². The van der Waals surface area contributed by atoms with Crippen molar-refractivity contribution in [3.63, 3.8) is 0 Å². The van der Waals surface area contributed by atoms with Crippen LogP contribution in [0.2, 0.25) is 0 Å². The van der Waals surface area contributed by atoms with Crippen molar-refractivity contribution in [2.45, 2.75) is 23.8 Å². The van der Waals surface area contributed by atoms with Crippen LogP contribution in [-0.2, 0) is 10.0 Å². The minimum atomic E-state index is -3.82. The first-order valence-electron chi connectivity index (χ1n) is 4.60. The molecule has 1 aromatic rings. The van der Waals surface area contributed by atoms with Crippen LogP contribution in [0.5, 0.6) is 5.75 Å². The van der Waals surface area contributed by atoms with Gasteiger partial charge in [0.05, 0.1) is 6.10 Å². The lowest BCUT2D eigenvalue weighted by atomic mass is 10.3. The van der Waals surface area contributed by atoms with E-state index in [1.807, 2.05) is 6.07 Å². The predicted molar refractivity (Wildman–Crippen MR) is 54.0 cm³/mol. The number of aromatic nitrogens is 1. The largest absolute Gasteiger partial charge is 0.487 e. The van der Waals surface area contributed by atoms with E-state index < -0.39 is 10.0 Å². The van der Waals surface area contributed by atoms with Gasteiger partial charge in [-0.15, -0.1) is 0 Å². The van der Waals surface area contributed by atoms with Gasteiger partial charge in [0.2, 0.25) is 10.0 Å². The second-order valence-corrected chi connectivity index (χ2v) is 5.05. The first kappa shape index (κ1) is 10.9. The molecular weight excluding hydrogens is 230 g/mol. The molecule has 0 spiro atoms. The molecule has 1 aliphatic carbocycles. The quantitative estimate of drug-likeness (QED) is 0.807. The molecule has 0 aromatic carbocycles. The zero-order chi connectivity index (χ0) is 11.8. The highest BCUT2D eigenvalue weighted by Gasteiger charge is 2.25. The summed E-state index contributed by atoms with van der Waals surface area (Å²) in [6.45, 7) is 0. The van der Waals surface area contributed by atoms with Crippen molar-refractivity contribution in [3.8, 4) is 11.8 Å². The molecule has 0 atom stereocenters. The van der Waals surface area contributed by atoms with Crippen molar-refractivity contribution < 1.29 is 13.2 Å². The summed E-state index contributed by atoms with van der Waals surface area (Å²) in [7, 11) is -3.82. The van der Waals surface area contributed by atoms with Crippen molar-refractivity contribution in [3.05, 3.63) is 18.0 Å². The molecule has 1 aromatic heterocycles. The van der Waals surface area contributed by atoms with E-state index in [9.17, 15) is 8.42 Å². The Morgan fingerprint density at radius 2 is 2.25 bits per heavy atom. The zero-order valence-electron chi connectivity index (χ0n) is 8.25. The van der Waals surface area contributed by atoms with Gasteiger partial charge in [0, 0.05) is 12.3 Å². The molecule has 16 heavy (non-hydrogen) atoms. The molecule has 2 rings (SSSR count). The summed E-state index contributed by atoms with van der Waals surface area (Å²) >= 11 is 0. The number of nitriles is 1. The molecule has 7 heteroatoms. The van der Waals surface area contributed by atoms with Crippen LogP contribution in [0.25, 0.3) is 0 Å². The summed E-state index contributed by atoms with van der Waals surface area (Å²) in [5.41, 5.74) is 0.0688. The fourth-order valence-corrected chi connectivity index (χ4v) is 1.59. The summed E-state index contributed by atoms with van der Waals surface area (Å²) in [4.78, 5) is 3.55. The Labute approximate surface area is 92.7 Å². The molecular formula is C9H9N3O3S. The minimum absolute atomic E-state index is 0.0598. The maximum atomic E-state index is 11.1. The summed E-state index contributed by atoms with van der Waals surface area (Å²) in [5, 5.41) is 13.7. The van der Waals surface area contributed by atoms with Crippen LogP contribution in [0.1, 0.15) is 18.5 Å². The number of hydrogen-bond donors (Lipinski definition) is 1. The maximum absolute atomic E-state index is 11.1. The lowest BCUT2D eigenvalue weighted by molar-refractivity contribution is 0.300. The number of pyridine rings is 1. The summed E-state index contributed by atoms with van der Waals surface area (Å²) in [6, 6.07) is 3.07. The Morgan fingerprint density at radius 1 is 1.56 bits per heavy atom. The van der Waals surface area contributed by atoms with E-state index in [1.54, 1.807) is 0 Å². The van der Waals surface area contributed by atoms with E-state index in [4.69, 9.17) is 15.1 Å². The van der Waals surface area contributed by atoms with E-state index in [0.29, 0.717) is 0 Å². The molecule has 84 valence electrons. The molecule has 6 nitrogen and oxygen atoms in total. The van der Waals surface area contributed by atoms with Gasteiger partial charge in [0.25, 0.3) is 0 Å². The van der Waals surface area contributed by atoms with Gasteiger partial charge in [-0.2, -0.15) is 5.26 Å². The fourth-order valence-electron chi connectivity index (χ4n) is 1.12. The summed E-state index contributed by atoms with van der Waals surface area (Å²) < 4.78 is 27.5. The summed E-state index contributed by atoms with van der Waals surface area (Å²) in [6.07, 6.45) is 2.92. The molecule has 0 bridgehead atoms. The monoisotopic (exact) mass is 239 g/mol. The molecule has 1 heterocycles. The van der Waals surface area contributed by atoms with Gasteiger partial charge in [0.1, 0.15) is 11.0 Å². The van der Waals surface area contributed by atoms with E-state index in [-0.39, 0.29) is 22.4 Å². The second kappa shape index (κ2) is 3.73. The van der Waals surface area contributed by atoms with Crippen LogP contribution in [0.3, 0.4) is 0 Å². The van der Waals surface area contributed by atoms with Gasteiger partial charge in [-0.3, -0.25) is 0 Å². The van der Waals surface area contributed by atoms with E-state index in [2.05, 4.69) is 4.98 Å². The maximum Gasteiger partial charge on any atom is 0.239 e.